The number of likely N-dealkylation sites (N-methyl/N-ethyl adjacent to an activating group) is 2. The molecule has 3 atom stereocenters. The maximum atomic E-state index is 13.7. The number of methoxy groups -OCH3 is 2. The van der Waals surface area contributed by atoms with Crippen LogP contribution in [0.5, 0.6) is 11.5 Å². The topological polar surface area (TPSA) is 138 Å². The fourth-order valence-corrected chi connectivity index (χ4v) is 5.22. The summed E-state index contributed by atoms with van der Waals surface area (Å²) in [5.41, 5.74) is 2.77. The first-order chi connectivity index (χ1) is 23.6. The van der Waals surface area contributed by atoms with Crippen molar-refractivity contribution in [2.75, 3.05) is 38.1 Å². The molecule has 3 N–H and O–H groups in total. The number of hydrogen-bond donors (Lipinski definition) is 3. The van der Waals surface area contributed by atoms with Gasteiger partial charge in [-0.3, -0.25) is 19.2 Å². The van der Waals surface area contributed by atoms with E-state index in [1.54, 1.807) is 76.8 Å². The van der Waals surface area contributed by atoms with Gasteiger partial charge in [-0.2, -0.15) is 0 Å². The Morgan fingerprint density at radius 3 is 1.39 bits per heavy atom. The SMILES string of the molecule is COc1ccc(N(C)C(=O)C(Cc2ccccc2)NC(=O)CC(O)C(=O)NC(Cc2ccccc2)C(=O)N(C)c2ccc(OC)cc2)cc1. The molecule has 4 amide bonds. The third kappa shape index (κ3) is 10.2. The van der Waals surface area contributed by atoms with Crippen molar-refractivity contribution >= 4 is 35.0 Å². The number of benzene rings is 4. The molecule has 0 aliphatic heterocycles. The van der Waals surface area contributed by atoms with Crippen molar-refractivity contribution in [3.63, 3.8) is 0 Å². The van der Waals surface area contributed by atoms with Crippen molar-refractivity contribution in [1.29, 1.82) is 0 Å². The van der Waals surface area contributed by atoms with Gasteiger partial charge in [0.25, 0.3) is 0 Å². The molecular weight excluding hydrogens is 624 g/mol. The van der Waals surface area contributed by atoms with Gasteiger partial charge in [-0.25, -0.2) is 0 Å². The number of rotatable bonds is 15. The quantitative estimate of drug-likeness (QED) is 0.177. The molecule has 0 bridgehead atoms. The Labute approximate surface area is 286 Å². The monoisotopic (exact) mass is 666 g/mol. The van der Waals surface area contributed by atoms with Gasteiger partial charge in [0.1, 0.15) is 29.7 Å². The summed E-state index contributed by atoms with van der Waals surface area (Å²) in [6.45, 7) is 0. The molecule has 256 valence electrons. The van der Waals surface area contributed by atoms with Crippen molar-refractivity contribution in [2.45, 2.75) is 37.5 Å². The first-order valence-corrected chi connectivity index (χ1v) is 15.8. The minimum atomic E-state index is -1.79. The van der Waals surface area contributed by atoms with Crippen LogP contribution in [-0.2, 0) is 32.0 Å². The molecule has 0 aliphatic rings. The number of carbonyl (C=O) groups excluding carboxylic acids is 4. The minimum absolute atomic E-state index is 0.149. The molecule has 3 unspecified atom stereocenters. The molecule has 0 radical (unpaired) electrons. The highest BCUT2D eigenvalue weighted by molar-refractivity contribution is 6.01. The van der Waals surface area contributed by atoms with Gasteiger partial charge >= 0.3 is 0 Å². The highest BCUT2D eigenvalue weighted by Crippen LogP contribution is 2.21. The van der Waals surface area contributed by atoms with Crippen LogP contribution in [0.25, 0.3) is 0 Å². The van der Waals surface area contributed by atoms with Crippen LogP contribution in [0.2, 0.25) is 0 Å². The lowest BCUT2D eigenvalue weighted by atomic mass is 10.0. The average Bonchev–Trinajstić information content (AvgIpc) is 3.13. The van der Waals surface area contributed by atoms with Crippen molar-refractivity contribution < 1.29 is 33.8 Å². The third-order valence-electron chi connectivity index (χ3n) is 8.08. The number of ether oxygens (including phenoxy) is 2. The summed E-state index contributed by atoms with van der Waals surface area (Å²) in [7, 11) is 6.28. The number of carbonyl (C=O) groups is 4. The Hall–Kier alpha value is -5.68. The summed E-state index contributed by atoms with van der Waals surface area (Å²) in [4.78, 5) is 56.7. The van der Waals surface area contributed by atoms with Crippen LogP contribution in [0.15, 0.2) is 109 Å². The molecule has 0 saturated carbocycles. The van der Waals surface area contributed by atoms with Crippen LogP contribution in [0.1, 0.15) is 17.5 Å². The number of amides is 4. The van der Waals surface area contributed by atoms with Gasteiger partial charge in [-0.1, -0.05) is 60.7 Å². The summed E-state index contributed by atoms with van der Waals surface area (Å²) < 4.78 is 10.4. The maximum Gasteiger partial charge on any atom is 0.250 e. The molecule has 11 heteroatoms. The lowest BCUT2D eigenvalue weighted by Gasteiger charge is -2.27. The Bertz CT molecular complexity index is 1680. The molecule has 0 fully saturated rings. The van der Waals surface area contributed by atoms with Crippen LogP contribution >= 0.6 is 0 Å². The standard InChI is InChI=1S/C38H42N4O7/c1-41(28-15-19-30(48-3)20-16-28)37(46)32(23-26-11-7-5-8-12-26)39-35(44)25-34(43)36(45)40-33(24-27-13-9-6-10-14-27)38(47)42(2)29-17-21-31(49-4)22-18-29/h5-22,32-34,43H,23-25H2,1-4H3,(H,39,44)(H,40,45). The van der Waals surface area contributed by atoms with E-state index in [-0.39, 0.29) is 12.8 Å². The number of nitrogens with one attached hydrogen (secondary N) is 2. The molecule has 0 spiro atoms. The summed E-state index contributed by atoms with van der Waals surface area (Å²) in [5.74, 6) is -1.16. The fraction of sp³-hybridized carbons (Fsp3) is 0.263. The lowest BCUT2D eigenvalue weighted by molar-refractivity contribution is -0.137. The lowest BCUT2D eigenvalue weighted by Crippen LogP contribution is -2.53. The molecule has 11 nitrogen and oxygen atoms in total. The molecule has 4 aromatic carbocycles. The highest BCUT2D eigenvalue weighted by atomic mass is 16.5. The molecule has 0 aliphatic carbocycles. The fourth-order valence-electron chi connectivity index (χ4n) is 5.22. The Balaban J connectivity index is 1.46. The van der Waals surface area contributed by atoms with E-state index in [2.05, 4.69) is 10.6 Å². The Kier molecular flexibility index (Phi) is 12.9. The van der Waals surface area contributed by atoms with E-state index in [0.29, 0.717) is 22.9 Å². The van der Waals surface area contributed by atoms with E-state index in [1.165, 1.54) is 9.80 Å². The molecule has 0 saturated heterocycles. The predicted octanol–water partition coefficient (Wildman–Crippen LogP) is 3.54. The number of hydrogen-bond acceptors (Lipinski definition) is 7. The van der Waals surface area contributed by atoms with E-state index >= 15 is 0 Å². The maximum absolute atomic E-state index is 13.7. The summed E-state index contributed by atoms with van der Waals surface area (Å²) in [6.07, 6.45) is -2.09. The van der Waals surface area contributed by atoms with Crippen LogP contribution in [-0.4, -0.2) is 75.2 Å². The average molecular weight is 667 g/mol. The first-order valence-electron chi connectivity index (χ1n) is 15.8. The Morgan fingerprint density at radius 2 is 1.00 bits per heavy atom. The van der Waals surface area contributed by atoms with Crippen molar-refractivity contribution in [2.24, 2.45) is 0 Å². The second-order valence-corrected chi connectivity index (χ2v) is 11.5. The highest BCUT2D eigenvalue weighted by Gasteiger charge is 2.31. The van der Waals surface area contributed by atoms with Gasteiger partial charge in [0.05, 0.1) is 20.6 Å². The second-order valence-electron chi connectivity index (χ2n) is 11.5. The van der Waals surface area contributed by atoms with Crippen molar-refractivity contribution in [1.82, 2.24) is 10.6 Å². The smallest absolute Gasteiger partial charge is 0.250 e. The molecule has 0 heterocycles. The largest absolute Gasteiger partial charge is 0.497 e. The number of aliphatic hydroxyl groups is 1. The molecule has 4 rings (SSSR count). The minimum Gasteiger partial charge on any atom is -0.497 e. The first kappa shape index (κ1) is 36.2. The zero-order valence-corrected chi connectivity index (χ0v) is 28.0. The zero-order chi connectivity index (χ0) is 35.3. The van der Waals surface area contributed by atoms with E-state index < -0.39 is 48.2 Å². The zero-order valence-electron chi connectivity index (χ0n) is 28.0. The van der Waals surface area contributed by atoms with Gasteiger partial charge in [-0.15, -0.1) is 0 Å². The van der Waals surface area contributed by atoms with Crippen molar-refractivity contribution in [3.8, 4) is 11.5 Å². The third-order valence-corrected chi connectivity index (χ3v) is 8.08. The number of anilines is 2. The Morgan fingerprint density at radius 1 is 0.612 bits per heavy atom. The van der Waals surface area contributed by atoms with Crippen LogP contribution in [0, 0.1) is 0 Å². The van der Waals surface area contributed by atoms with Crippen LogP contribution in [0.3, 0.4) is 0 Å². The van der Waals surface area contributed by atoms with Crippen LogP contribution < -0.4 is 29.9 Å². The normalized spacial score (nSPS) is 12.5. The molecule has 49 heavy (non-hydrogen) atoms. The summed E-state index contributed by atoms with van der Waals surface area (Å²) >= 11 is 0. The van der Waals surface area contributed by atoms with Crippen molar-refractivity contribution in [3.05, 3.63) is 120 Å². The van der Waals surface area contributed by atoms with Crippen LogP contribution in [0.4, 0.5) is 11.4 Å². The van der Waals surface area contributed by atoms with E-state index in [4.69, 9.17) is 9.47 Å². The van der Waals surface area contributed by atoms with Gasteiger partial charge in [0.2, 0.25) is 23.6 Å². The summed E-state index contributed by atoms with van der Waals surface area (Å²) in [5, 5.41) is 16.2. The number of aliphatic hydroxyl groups excluding tert-OH is 1. The van der Waals surface area contributed by atoms with Gasteiger partial charge < -0.3 is 35.0 Å². The van der Waals surface area contributed by atoms with E-state index in [0.717, 1.165) is 11.1 Å². The summed E-state index contributed by atoms with van der Waals surface area (Å²) in [6, 6.07) is 30.1. The molecule has 0 aromatic heterocycles. The van der Waals surface area contributed by atoms with Gasteiger partial charge in [0, 0.05) is 38.3 Å². The molecule has 4 aromatic rings. The van der Waals surface area contributed by atoms with E-state index in [9.17, 15) is 24.3 Å². The number of nitrogens with zero attached hydrogens (tertiary/aromatic N) is 2. The van der Waals surface area contributed by atoms with Gasteiger partial charge in [0.15, 0.2) is 0 Å². The molecular formula is C38H42N4O7. The van der Waals surface area contributed by atoms with Gasteiger partial charge in [-0.05, 0) is 59.7 Å². The second kappa shape index (κ2) is 17.5. The van der Waals surface area contributed by atoms with E-state index in [1.807, 2.05) is 60.7 Å². The predicted molar refractivity (Wildman–Crippen MR) is 188 cm³/mol.